The average molecular weight is 265 g/mol. The molecule has 0 aliphatic heterocycles. The molecule has 1 amide bonds. The molecule has 1 aromatic carbocycles. The maximum Gasteiger partial charge on any atom is 0.258 e. The van der Waals surface area contributed by atoms with Crippen LogP contribution in [-0.2, 0) is 11.2 Å². The molecule has 4 nitrogen and oxygen atoms in total. The smallest absolute Gasteiger partial charge is 0.258 e. The predicted molar refractivity (Wildman–Crippen MR) is 75.2 cm³/mol. The van der Waals surface area contributed by atoms with Gasteiger partial charge >= 0.3 is 0 Å². The van der Waals surface area contributed by atoms with Crippen LogP contribution < -0.4 is 10.1 Å². The second-order valence-corrected chi connectivity index (χ2v) is 4.91. The first-order valence-corrected chi connectivity index (χ1v) is 6.67. The van der Waals surface area contributed by atoms with Gasteiger partial charge in [0.05, 0.1) is 5.60 Å². The van der Waals surface area contributed by atoms with Crippen molar-refractivity contribution in [3.05, 3.63) is 29.8 Å². The lowest BCUT2D eigenvalue weighted by Gasteiger charge is -2.21. The fourth-order valence-corrected chi connectivity index (χ4v) is 1.44. The van der Waals surface area contributed by atoms with Crippen LogP contribution in [0.25, 0.3) is 0 Å². The molecule has 0 aromatic heterocycles. The van der Waals surface area contributed by atoms with Crippen LogP contribution in [0.1, 0.15) is 32.8 Å². The molecule has 0 saturated heterocycles. The molecule has 1 aromatic rings. The lowest BCUT2D eigenvalue weighted by Crippen LogP contribution is -2.41. The van der Waals surface area contributed by atoms with Gasteiger partial charge in [0, 0.05) is 6.54 Å². The summed E-state index contributed by atoms with van der Waals surface area (Å²) in [5, 5.41) is 12.4. The minimum atomic E-state index is -0.863. The minimum Gasteiger partial charge on any atom is -0.484 e. The van der Waals surface area contributed by atoms with Crippen LogP contribution in [0, 0.1) is 0 Å². The number of rotatable bonds is 7. The van der Waals surface area contributed by atoms with E-state index < -0.39 is 5.60 Å². The van der Waals surface area contributed by atoms with Crippen LogP contribution in [-0.4, -0.2) is 29.8 Å². The van der Waals surface area contributed by atoms with Gasteiger partial charge in [0.1, 0.15) is 5.75 Å². The van der Waals surface area contributed by atoms with E-state index in [-0.39, 0.29) is 19.1 Å². The molecular weight excluding hydrogens is 242 g/mol. The maximum atomic E-state index is 11.6. The van der Waals surface area contributed by atoms with Gasteiger partial charge in [-0.25, -0.2) is 0 Å². The number of amides is 1. The van der Waals surface area contributed by atoms with Gasteiger partial charge in [-0.05, 0) is 37.5 Å². The Bertz CT molecular complexity index is 398. The first-order valence-electron chi connectivity index (χ1n) is 6.67. The number of nitrogens with one attached hydrogen (secondary N) is 1. The lowest BCUT2D eigenvalue weighted by atomic mass is 10.0. The highest BCUT2D eigenvalue weighted by molar-refractivity contribution is 5.77. The Morgan fingerprint density at radius 1 is 1.32 bits per heavy atom. The van der Waals surface area contributed by atoms with E-state index >= 15 is 0 Å². The van der Waals surface area contributed by atoms with Crippen molar-refractivity contribution in [1.29, 1.82) is 0 Å². The molecule has 0 fully saturated rings. The van der Waals surface area contributed by atoms with Gasteiger partial charge in [0.15, 0.2) is 6.61 Å². The summed E-state index contributed by atoms with van der Waals surface area (Å²) in [4.78, 5) is 11.6. The van der Waals surface area contributed by atoms with Crippen LogP contribution >= 0.6 is 0 Å². The highest BCUT2D eigenvalue weighted by Crippen LogP contribution is 2.12. The topological polar surface area (TPSA) is 58.6 Å². The molecule has 0 aliphatic rings. The zero-order valence-electron chi connectivity index (χ0n) is 11.9. The standard InChI is InChI=1S/C15H23NO3/c1-4-12-6-8-13(9-7-12)19-10-14(17)16-11-15(3,18)5-2/h6-9,18H,4-5,10-11H2,1-3H3,(H,16,17). The monoisotopic (exact) mass is 265 g/mol. The van der Waals surface area contributed by atoms with E-state index in [1.165, 1.54) is 5.56 Å². The number of hydrogen-bond donors (Lipinski definition) is 2. The number of aryl methyl sites for hydroxylation is 1. The van der Waals surface area contributed by atoms with Crippen LogP contribution in [0.5, 0.6) is 5.75 Å². The second-order valence-electron chi connectivity index (χ2n) is 4.91. The largest absolute Gasteiger partial charge is 0.484 e. The predicted octanol–water partition coefficient (Wildman–Crippen LogP) is 1.91. The van der Waals surface area contributed by atoms with Crippen molar-refractivity contribution in [2.24, 2.45) is 0 Å². The SMILES string of the molecule is CCc1ccc(OCC(=O)NCC(C)(O)CC)cc1. The Morgan fingerprint density at radius 3 is 2.47 bits per heavy atom. The van der Waals surface area contributed by atoms with Crippen LogP contribution in [0.4, 0.5) is 0 Å². The van der Waals surface area contributed by atoms with E-state index in [2.05, 4.69) is 12.2 Å². The quantitative estimate of drug-likeness (QED) is 0.791. The fourth-order valence-electron chi connectivity index (χ4n) is 1.44. The van der Waals surface area contributed by atoms with E-state index in [1.807, 2.05) is 31.2 Å². The third-order valence-corrected chi connectivity index (χ3v) is 3.13. The first-order chi connectivity index (χ1) is 8.96. The van der Waals surface area contributed by atoms with Crippen molar-refractivity contribution in [2.45, 2.75) is 39.2 Å². The zero-order valence-corrected chi connectivity index (χ0v) is 11.9. The number of benzene rings is 1. The normalized spacial score (nSPS) is 13.7. The van der Waals surface area contributed by atoms with Gasteiger partial charge in [-0.15, -0.1) is 0 Å². The summed E-state index contributed by atoms with van der Waals surface area (Å²) < 4.78 is 5.37. The van der Waals surface area contributed by atoms with Gasteiger partial charge in [0.2, 0.25) is 0 Å². The summed E-state index contributed by atoms with van der Waals surface area (Å²) >= 11 is 0. The Labute approximate surface area is 114 Å². The average Bonchev–Trinajstić information content (AvgIpc) is 2.43. The van der Waals surface area contributed by atoms with E-state index in [0.717, 1.165) is 6.42 Å². The van der Waals surface area contributed by atoms with E-state index in [9.17, 15) is 9.90 Å². The van der Waals surface area contributed by atoms with E-state index in [1.54, 1.807) is 6.92 Å². The number of ether oxygens (including phenoxy) is 1. The molecule has 19 heavy (non-hydrogen) atoms. The first kappa shape index (κ1) is 15.5. The molecule has 0 saturated carbocycles. The molecule has 1 rings (SSSR count). The highest BCUT2D eigenvalue weighted by Gasteiger charge is 2.18. The van der Waals surface area contributed by atoms with Crippen molar-refractivity contribution in [3.63, 3.8) is 0 Å². The Balaban J connectivity index is 2.33. The summed E-state index contributed by atoms with van der Waals surface area (Å²) in [5.74, 6) is 0.447. The van der Waals surface area contributed by atoms with E-state index in [4.69, 9.17) is 4.74 Å². The Morgan fingerprint density at radius 2 is 1.95 bits per heavy atom. The van der Waals surface area contributed by atoms with Crippen molar-refractivity contribution in [2.75, 3.05) is 13.2 Å². The number of hydrogen-bond acceptors (Lipinski definition) is 3. The number of aliphatic hydroxyl groups is 1. The molecule has 1 atom stereocenters. The van der Waals surface area contributed by atoms with Gasteiger partial charge in [-0.2, -0.15) is 0 Å². The van der Waals surface area contributed by atoms with Crippen LogP contribution in [0.15, 0.2) is 24.3 Å². The van der Waals surface area contributed by atoms with Crippen molar-refractivity contribution >= 4 is 5.91 Å². The molecule has 2 N–H and O–H groups in total. The second kappa shape index (κ2) is 7.14. The molecule has 0 spiro atoms. The fraction of sp³-hybridized carbons (Fsp3) is 0.533. The van der Waals surface area contributed by atoms with Crippen molar-refractivity contribution in [1.82, 2.24) is 5.32 Å². The van der Waals surface area contributed by atoms with Gasteiger partial charge in [-0.3, -0.25) is 4.79 Å². The van der Waals surface area contributed by atoms with Crippen LogP contribution in [0.3, 0.4) is 0 Å². The zero-order chi connectivity index (χ0) is 14.3. The molecular formula is C15H23NO3. The maximum absolute atomic E-state index is 11.6. The summed E-state index contributed by atoms with van der Waals surface area (Å²) in [7, 11) is 0. The molecule has 4 heteroatoms. The minimum absolute atomic E-state index is 0.0364. The molecule has 0 radical (unpaired) electrons. The molecule has 106 valence electrons. The summed E-state index contributed by atoms with van der Waals surface area (Å²) in [6.45, 7) is 5.85. The van der Waals surface area contributed by atoms with Crippen molar-refractivity contribution in [3.8, 4) is 5.75 Å². The van der Waals surface area contributed by atoms with E-state index in [0.29, 0.717) is 12.2 Å². The molecule has 0 heterocycles. The third kappa shape index (κ3) is 5.75. The summed E-state index contributed by atoms with van der Waals surface area (Å²) in [5.41, 5.74) is 0.370. The molecule has 1 unspecified atom stereocenters. The molecule has 0 aliphatic carbocycles. The highest BCUT2D eigenvalue weighted by atomic mass is 16.5. The Kier molecular flexibility index (Phi) is 5.83. The van der Waals surface area contributed by atoms with Gasteiger partial charge in [0.25, 0.3) is 5.91 Å². The van der Waals surface area contributed by atoms with Crippen LogP contribution in [0.2, 0.25) is 0 Å². The summed E-state index contributed by atoms with van der Waals surface area (Å²) in [6.07, 6.45) is 1.57. The van der Waals surface area contributed by atoms with Gasteiger partial charge in [-0.1, -0.05) is 26.0 Å². The third-order valence-electron chi connectivity index (χ3n) is 3.13. The summed E-state index contributed by atoms with van der Waals surface area (Å²) in [6, 6.07) is 7.67. The van der Waals surface area contributed by atoms with Crippen molar-refractivity contribution < 1.29 is 14.6 Å². The van der Waals surface area contributed by atoms with Gasteiger partial charge < -0.3 is 15.2 Å². The number of carbonyl (C=O) groups excluding carboxylic acids is 1. The number of carbonyl (C=O) groups is 1. The lowest BCUT2D eigenvalue weighted by molar-refractivity contribution is -0.124. The molecule has 0 bridgehead atoms. The Hall–Kier alpha value is -1.55.